The van der Waals surface area contributed by atoms with Crippen LogP contribution in [-0.4, -0.2) is 17.8 Å². The zero-order valence-corrected chi connectivity index (χ0v) is 10.3. The van der Waals surface area contributed by atoms with Gasteiger partial charge in [0.2, 0.25) is 0 Å². The highest BCUT2D eigenvalue weighted by molar-refractivity contribution is 6.31. The van der Waals surface area contributed by atoms with Gasteiger partial charge in [0.1, 0.15) is 11.3 Å². The standard InChI is InChI=1S/C10H12ClF3N2O/c1-9(2,3)17-8-15-5-6(11)4-7(16-8)10(12,13)14/h4-5H,1-3H3,(H,15,16). The van der Waals surface area contributed by atoms with Crippen LogP contribution in [0, 0.1) is 0 Å². The van der Waals surface area contributed by atoms with Gasteiger partial charge in [0.25, 0.3) is 6.02 Å². The lowest BCUT2D eigenvalue weighted by atomic mass is 10.2. The summed E-state index contributed by atoms with van der Waals surface area (Å²) in [5.41, 5.74) is -1.67. The number of hydrogen-bond acceptors (Lipinski definition) is 3. The summed E-state index contributed by atoms with van der Waals surface area (Å²) in [7, 11) is 0. The summed E-state index contributed by atoms with van der Waals surface area (Å²) in [5.74, 6) is 0. The smallest absolute Gasteiger partial charge is 0.431 e. The molecular weight excluding hydrogens is 257 g/mol. The molecule has 1 heterocycles. The highest BCUT2D eigenvalue weighted by atomic mass is 35.5. The highest BCUT2D eigenvalue weighted by Crippen LogP contribution is 2.27. The Bertz CT molecular complexity index is 391. The SMILES string of the molecule is CC(C)(C)OC1=NC=C(Cl)C=C(C(F)(F)F)N1. The summed E-state index contributed by atoms with van der Waals surface area (Å²) in [5, 5.41) is 1.94. The van der Waals surface area contributed by atoms with Gasteiger partial charge in [-0.15, -0.1) is 0 Å². The number of allylic oxidation sites excluding steroid dienone is 3. The van der Waals surface area contributed by atoms with E-state index in [4.69, 9.17) is 16.3 Å². The lowest BCUT2D eigenvalue weighted by molar-refractivity contribution is -0.0957. The van der Waals surface area contributed by atoms with Gasteiger partial charge < -0.3 is 10.1 Å². The van der Waals surface area contributed by atoms with Crippen molar-refractivity contribution in [3.05, 3.63) is 23.0 Å². The molecule has 0 aliphatic carbocycles. The van der Waals surface area contributed by atoms with E-state index in [2.05, 4.69) is 10.3 Å². The number of rotatable bonds is 0. The zero-order valence-electron chi connectivity index (χ0n) is 9.52. The van der Waals surface area contributed by atoms with Gasteiger partial charge in [0.15, 0.2) is 0 Å². The quantitative estimate of drug-likeness (QED) is 0.731. The maximum absolute atomic E-state index is 12.6. The molecular formula is C10H12ClF3N2O. The summed E-state index contributed by atoms with van der Waals surface area (Å²) >= 11 is 5.54. The van der Waals surface area contributed by atoms with E-state index >= 15 is 0 Å². The number of hydrogen-bond donors (Lipinski definition) is 1. The normalized spacial score (nSPS) is 17.5. The van der Waals surface area contributed by atoms with E-state index in [1.807, 2.05) is 0 Å². The Morgan fingerprint density at radius 3 is 2.35 bits per heavy atom. The average Bonchev–Trinajstić information content (AvgIpc) is 2.24. The summed E-state index contributed by atoms with van der Waals surface area (Å²) in [6.07, 6.45) is -2.70. The van der Waals surface area contributed by atoms with Crippen molar-refractivity contribution in [2.75, 3.05) is 0 Å². The minimum atomic E-state index is -4.54. The molecule has 0 bridgehead atoms. The van der Waals surface area contributed by atoms with Gasteiger partial charge in [-0.2, -0.15) is 13.2 Å². The third kappa shape index (κ3) is 4.68. The third-order valence-corrected chi connectivity index (χ3v) is 1.74. The lowest BCUT2D eigenvalue weighted by Crippen LogP contribution is -2.37. The molecule has 0 amide bonds. The Morgan fingerprint density at radius 1 is 1.29 bits per heavy atom. The first kappa shape index (κ1) is 13.9. The predicted molar refractivity (Wildman–Crippen MR) is 59.5 cm³/mol. The second-order valence-corrected chi connectivity index (χ2v) is 4.78. The molecule has 1 aliphatic heterocycles. The van der Waals surface area contributed by atoms with Gasteiger partial charge in [-0.3, -0.25) is 0 Å². The van der Waals surface area contributed by atoms with Crippen LogP contribution in [0.2, 0.25) is 0 Å². The minimum absolute atomic E-state index is 0.127. The van der Waals surface area contributed by atoms with E-state index in [0.29, 0.717) is 0 Å². The lowest BCUT2D eigenvalue weighted by Gasteiger charge is -2.23. The van der Waals surface area contributed by atoms with Crippen LogP contribution in [0.4, 0.5) is 13.2 Å². The molecule has 0 spiro atoms. The molecule has 0 aromatic rings. The van der Waals surface area contributed by atoms with Crippen LogP contribution >= 0.6 is 11.6 Å². The molecule has 0 aromatic heterocycles. The first-order chi connectivity index (χ1) is 7.58. The second-order valence-electron chi connectivity index (χ2n) is 4.34. The largest absolute Gasteiger partial charge is 0.459 e. The molecule has 0 fully saturated rings. The fraction of sp³-hybridized carbons (Fsp3) is 0.500. The van der Waals surface area contributed by atoms with Gasteiger partial charge in [0, 0.05) is 0 Å². The number of halogens is 4. The first-order valence-corrected chi connectivity index (χ1v) is 5.14. The van der Waals surface area contributed by atoms with Crippen LogP contribution in [0.1, 0.15) is 20.8 Å². The summed E-state index contributed by atoms with van der Waals surface area (Å²) in [4.78, 5) is 3.69. The number of aliphatic imine (C=N–C) groups is 1. The van der Waals surface area contributed by atoms with Crippen LogP contribution in [0.15, 0.2) is 28.0 Å². The maximum atomic E-state index is 12.6. The molecule has 0 radical (unpaired) electrons. The zero-order chi connectivity index (χ0) is 13.3. The fourth-order valence-electron chi connectivity index (χ4n) is 0.974. The van der Waals surface area contributed by atoms with Crippen LogP contribution in [0.5, 0.6) is 0 Å². The van der Waals surface area contributed by atoms with E-state index in [1.165, 1.54) is 0 Å². The molecule has 17 heavy (non-hydrogen) atoms. The van der Waals surface area contributed by atoms with Gasteiger partial charge in [-0.1, -0.05) is 11.6 Å². The Balaban J connectivity index is 2.96. The monoisotopic (exact) mass is 268 g/mol. The molecule has 1 aliphatic rings. The van der Waals surface area contributed by atoms with Crippen LogP contribution in [-0.2, 0) is 4.74 Å². The van der Waals surface area contributed by atoms with Crippen LogP contribution in [0.3, 0.4) is 0 Å². The van der Waals surface area contributed by atoms with Crippen molar-refractivity contribution in [2.24, 2.45) is 4.99 Å². The highest BCUT2D eigenvalue weighted by Gasteiger charge is 2.36. The number of nitrogens with zero attached hydrogens (tertiary/aromatic N) is 1. The number of nitrogens with one attached hydrogen (secondary N) is 1. The van der Waals surface area contributed by atoms with Gasteiger partial charge in [0.05, 0.1) is 11.2 Å². The topological polar surface area (TPSA) is 33.6 Å². The molecule has 1 rings (SSSR count). The van der Waals surface area contributed by atoms with Crippen molar-refractivity contribution in [1.29, 1.82) is 0 Å². The number of amidine groups is 1. The third-order valence-electron chi connectivity index (χ3n) is 1.54. The Labute approximate surface area is 102 Å². The molecule has 7 heteroatoms. The molecule has 0 unspecified atom stereocenters. The van der Waals surface area contributed by atoms with Crippen molar-refractivity contribution in [3.63, 3.8) is 0 Å². The Kier molecular flexibility index (Phi) is 3.76. The van der Waals surface area contributed by atoms with Gasteiger partial charge in [-0.05, 0) is 26.8 Å². The average molecular weight is 269 g/mol. The molecule has 0 saturated carbocycles. The van der Waals surface area contributed by atoms with Crippen molar-refractivity contribution in [1.82, 2.24) is 5.32 Å². The van der Waals surface area contributed by atoms with E-state index in [9.17, 15) is 13.2 Å². The van der Waals surface area contributed by atoms with E-state index in [-0.39, 0.29) is 11.1 Å². The van der Waals surface area contributed by atoms with E-state index < -0.39 is 17.5 Å². The first-order valence-electron chi connectivity index (χ1n) is 4.76. The molecule has 0 aromatic carbocycles. The van der Waals surface area contributed by atoms with Crippen molar-refractivity contribution in [2.45, 2.75) is 32.5 Å². The van der Waals surface area contributed by atoms with Crippen molar-refractivity contribution >= 4 is 17.6 Å². The summed E-state index contributed by atoms with van der Waals surface area (Å²) in [6.45, 7) is 5.10. The van der Waals surface area contributed by atoms with Crippen LogP contribution < -0.4 is 5.32 Å². The van der Waals surface area contributed by atoms with Crippen LogP contribution in [0.25, 0.3) is 0 Å². The van der Waals surface area contributed by atoms with Crippen molar-refractivity contribution in [3.8, 4) is 0 Å². The molecule has 96 valence electrons. The molecule has 3 nitrogen and oxygen atoms in total. The molecule has 1 N–H and O–H groups in total. The Morgan fingerprint density at radius 2 is 1.88 bits per heavy atom. The molecule has 0 saturated heterocycles. The van der Waals surface area contributed by atoms with E-state index in [1.54, 1.807) is 20.8 Å². The van der Waals surface area contributed by atoms with Crippen molar-refractivity contribution < 1.29 is 17.9 Å². The minimum Gasteiger partial charge on any atom is -0.459 e. The number of ether oxygens (including phenoxy) is 1. The van der Waals surface area contributed by atoms with E-state index in [0.717, 1.165) is 12.3 Å². The van der Waals surface area contributed by atoms with Gasteiger partial charge >= 0.3 is 6.18 Å². The summed E-state index contributed by atoms with van der Waals surface area (Å²) < 4.78 is 42.9. The second kappa shape index (κ2) is 4.60. The maximum Gasteiger partial charge on any atom is 0.431 e. The fourth-order valence-corrected chi connectivity index (χ4v) is 1.13. The summed E-state index contributed by atoms with van der Waals surface area (Å²) in [6, 6.07) is -0.239. The predicted octanol–water partition coefficient (Wildman–Crippen LogP) is 3.29. The Hall–Kier alpha value is -1.17. The molecule has 0 atom stereocenters. The van der Waals surface area contributed by atoms with Gasteiger partial charge in [-0.25, -0.2) is 4.99 Å². The number of alkyl halides is 3.